The molecule has 0 fully saturated rings. The van der Waals surface area contributed by atoms with E-state index in [9.17, 15) is 4.79 Å². The third-order valence-electron chi connectivity index (χ3n) is 1.64. The Balaban J connectivity index is 2.56. The van der Waals surface area contributed by atoms with Crippen LogP contribution in [0, 0.1) is 6.92 Å². The first-order chi connectivity index (χ1) is 6.58. The number of amides is 1. The molecule has 1 N–H and O–H groups in total. The van der Waals surface area contributed by atoms with Crippen LogP contribution >= 0.6 is 0 Å². The van der Waals surface area contributed by atoms with Crippen molar-refractivity contribution in [2.45, 2.75) is 6.92 Å². The number of hydrogen-bond acceptors (Lipinski definition) is 3. The molecule has 0 saturated heterocycles. The number of rotatable bonds is 3. The molecule has 4 nitrogen and oxygen atoms in total. The molecule has 4 heteroatoms. The van der Waals surface area contributed by atoms with E-state index in [1.54, 1.807) is 12.3 Å². The van der Waals surface area contributed by atoms with Gasteiger partial charge in [0.25, 0.3) is 0 Å². The van der Waals surface area contributed by atoms with Gasteiger partial charge >= 0.3 is 0 Å². The van der Waals surface area contributed by atoms with Gasteiger partial charge in [0.15, 0.2) is 0 Å². The summed E-state index contributed by atoms with van der Waals surface area (Å²) in [6.45, 7) is 2.28. The lowest BCUT2D eigenvalue weighted by Gasteiger charge is -2.09. The maximum atomic E-state index is 11.4. The van der Waals surface area contributed by atoms with Crippen LogP contribution in [-0.2, 0) is 4.79 Å². The molecule has 0 saturated carbocycles. The molecule has 1 aromatic rings. The summed E-state index contributed by atoms with van der Waals surface area (Å²) in [6, 6.07) is 3.62. The third kappa shape index (κ3) is 3.53. The van der Waals surface area contributed by atoms with Crippen LogP contribution in [0.25, 0.3) is 0 Å². The van der Waals surface area contributed by atoms with Gasteiger partial charge in [-0.3, -0.25) is 9.78 Å². The third-order valence-corrected chi connectivity index (χ3v) is 1.64. The van der Waals surface area contributed by atoms with E-state index >= 15 is 0 Å². The van der Waals surface area contributed by atoms with Gasteiger partial charge in [-0.2, -0.15) is 0 Å². The van der Waals surface area contributed by atoms with Crippen molar-refractivity contribution < 1.29 is 4.79 Å². The molecule has 0 atom stereocenters. The monoisotopic (exact) mass is 193 g/mol. The van der Waals surface area contributed by atoms with Crippen LogP contribution in [0.3, 0.4) is 0 Å². The minimum Gasteiger partial charge on any atom is -0.325 e. The van der Waals surface area contributed by atoms with Crippen molar-refractivity contribution in [2.75, 3.05) is 26.0 Å². The Morgan fingerprint density at radius 3 is 2.86 bits per heavy atom. The summed E-state index contributed by atoms with van der Waals surface area (Å²) in [5.41, 5.74) is 1.69. The number of anilines is 1. The largest absolute Gasteiger partial charge is 0.325 e. The Labute approximate surface area is 83.9 Å². The molecule has 0 spiro atoms. The Hall–Kier alpha value is -1.42. The minimum atomic E-state index is -0.0133. The summed E-state index contributed by atoms with van der Waals surface area (Å²) in [5.74, 6) is -0.0133. The Morgan fingerprint density at radius 1 is 1.57 bits per heavy atom. The van der Waals surface area contributed by atoms with Crippen molar-refractivity contribution in [1.82, 2.24) is 9.88 Å². The summed E-state index contributed by atoms with van der Waals surface area (Å²) in [4.78, 5) is 17.2. The van der Waals surface area contributed by atoms with Crippen LogP contribution in [0.1, 0.15) is 5.69 Å². The molecule has 0 bridgehead atoms. The molecule has 14 heavy (non-hydrogen) atoms. The maximum absolute atomic E-state index is 11.4. The number of carbonyl (C=O) groups excluding carboxylic acids is 1. The van der Waals surface area contributed by atoms with Crippen LogP contribution in [-0.4, -0.2) is 36.4 Å². The number of aryl methyl sites for hydroxylation is 1. The van der Waals surface area contributed by atoms with Crippen molar-refractivity contribution in [1.29, 1.82) is 0 Å². The van der Waals surface area contributed by atoms with E-state index in [-0.39, 0.29) is 5.91 Å². The summed E-state index contributed by atoms with van der Waals surface area (Å²) in [6.07, 6.45) is 1.68. The highest BCUT2D eigenvalue weighted by Crippen LogP contribution is 2.06. The molecule has 0 radical (unpaired) electrons. The van der Waals surface area contributed by atoms with Gasteiger partial charge in [0.1, 0.15) is 0 Å². The first-order valence-corrected chi connectivity index (χ1v) is 4.45. The fourth-order valence-electron chi connectivity index (χ4n) is 1.11. The van der Waals surface area contributed by atoms with Gasteiger partial charge in [-0.05, 0) is 33.2 Å². The molecule has 1 aromatic heterocycles. The SMILES string of the molecule is Cc1cc(NC(=O)CN(C)C)ccn1. The van der Waals surface area contributed by atoms with E-state index in [0.717, 1.165) is 11.4 Å². The second kappa shape index (κ2) is 4.72. The Bertz CT molecular complexity index is 323. The van der Waals surface area contributed by atoms with E-state index in [2.05, 4.69) is 10.3 Å². The molecule has 0 aliphatic heterocycles. The number of aromatic nitrogens is 1. The molecular formula is C10H15N3O. The maximum Gasteiger partial charge on any atom is 0.238 e. The van der Waals surface area contributed by atoms with Gasteiger partial charge in [0.2, 0.25) is 5.91 Å². The van der Waals surface area contributed by atoms with Gasteiger partial charge in [0, 0.05) is 17.6 Å². The van der Waals surface area contributed by atoms with E-state index in [1.165, 1.54) is 0 Å². The predicted octanol–water partition coefficient (Wildman–Crippen LogP) is 0.890. The van der Waals surface area contributed by atoms with Crippen LogP contribution in [0.2, 0.25) is 0 Å². The number of carbonyl (C=O) groups is 1. The lowest BCUT2D eigenvalue weighted by molar-refractivity contribution is -0.116. The van der Waals surface area contributed by atoms with Gasteiger partial charge in [-0.25, -0.2) is 0 Å². The average molecular weight is 193 g/mol. The molecule has 0 aromatic carbocycles. The van der Waals surface area contributed by atoms with Crippen molar-refractivity contribution in [3.05, 3.63) is 24.0 Å². The Morgan fingerprint density at radius 2 is 2.29 bits per heavy atom. The van der Waals surface area contributed by atoms with Crippen LogP contribution < -0.4 is 5.32 Å². The zero-order chi connectivity index (χ0) is 10.6. The topological polar surface area (TPSA) is 45.2 Å². The number of likely N-dealkylation sites (N-methyl/N-ethyl adjacent to an activating group) is 1. The Kier molecular flexibility index (Phi) is 3.59. The lowest BCUT2D eigenvalue weighted by Crippen LogP contribution is -2.27. The molecule has 1 amide bonds. The minimum absolute atomic E-state index is 0.0133. The predicted molar refractivity (Wildman–Crippen MR) is 56.2 cm³/mol. The lowest BCUT2D eigenvalue weighted by atomic mass is 10.3. The summed E-state index contributed by atoms with van der Waals surface area (Å²) < 4.78 is 0. The van der Waals surface area contributed by atoms with Crippen LogP contribution in [0.4, 0.5) is 5.69 Å². The summed E-state index contributed by atoms with van der Waals surface area (Å²) >= 11 is 0. The van der Waals surface area contributed by atoms with Crippen LogP contribution in [0.15, 0.2) is 18.3 Å². The number of nitrogens with zero attached hydrogens (tertiary/aromatic N) is 2. The molecular weight excluding hydrogens is 178 g/mol. The van der Waals surface area contributed by atoms with Gasteiger partial charge in [-0.15, -0.1) is 0 Å². The van der Waals surface area contributed by atoms with E-state index in [4.69, 9.17) is 0 Å². The van der Waals surface area contributed by atoms with Crippen molar-refractivity contribution in [2.24, 2.45) is 0 Å². The average Bonchev–Trinajstić information content (AvgIpc) is 2.01. The second-order valence-electron chi connectivity index (χ2n) is 3.47. The first-order valence-electron chi connectivity index (χ1n) is 4.45. The molecule has 0 aliphatic rings. The fraction of sp³-hybridized carbons (Fsp3) is 0.400. The highest BCUT2D eigenvalue weighted by Gasteiger charge is 2.03. The van der Waals surface area contributed by atoms with Crippen LogP contribution in [0.5, 0.6) is 0 Å². The van der Waals surface area contributed by atoms with Crippen molar-refractivity contribution in [3.8, 4) is 0 Å². The molecule has 1 rings (SSSR count). The number of hydrogen-bond donors (Lipinski definition) is 1. The number of pyridine rings is 1. The van der Waals surface area contributed by atoms with Gasteiger partial charge in [-0.1, -0.05) is 0 Å². The quantitative estimate of drug-likeness (QED) is 0.775. The summed E-state index contributed by atoms with van der Waals surface area (Å²) in [5, 5.41) is 2.79. The highest BCUT2D eigenvalue weighted by molar-refractivity contribution is 5.92. The van der Waals surface area contributed by atoms with Crippen molar-refractivity contribution in [3.63, 3.8) is 0 Å². The van der Waals surface area contributed by atoms with Gasteiger partial charge in [0.05, 0.1) is 6.54 Å². The van der Waals surface area contributed by atoms with Crippen molar-refractivity contribution >= 4 is 11.6 Å². The number of nitrogens with one attached hydrogen (secondary N) is 1. The van der Waals surface area contributed by atoms with Gasteiger partial charge < -0.3 is 10.2 Å². The van der Waals surface area contributed by atoms with E-state index in [1.807, 2.05) is 32.0 Å². The highest BCUT2D eigenvalue weighted by atomic mass is 16.2. The van der Waals surface area contributed by atoms with E-state index < -0.39 is 0 Å². The first kappa shape index (κ1) is 10.7. The smallest absolute Gasteiger partial charge is 0.238 e. The molecule has 0 aliphatic carbocycles. The normalized spacial score (nSPS) is 10.3. The second-order valence-corrected chi connectivity index (χ2v) is 3.47. The molecule has 76 valence electrons. The fourth-order valence-corrected chi connectivity index (χ4v) is 1.11. The van der Waals surface area contributed by atoms with E-state index in [0.29, 0.717) is 6.54 Å². The summed E-state index contributed by atoms with van der Waals surface area (Å²) in [7, 11) is 3.72. The zero-order valence-electron chi connectivity index (χ0n) is 8.74. The standard InChI is InChI=1S/C10H15N3O/c1-8-6-9(4-5-11-8)12-10(14)7-13(2)3/h4-6H,7H2,1-3H3,(H,11,12,14). The zero-order valence-corrected chi connectivity index (χ0v) is 8.74. The molecule has 0 unspecified atom stereocenters. The molecule has 1 heterocycles.